The maximum absolute atomic E-state index is 11.3. The summed E-state index contributed by atoms with van der Waals surface area (Å²) in [4.78, 5) is 22.3. The number of hydrogen-bond donors (Lipinski definition) is 2. The maximum Gasteiger partial charge on any atom is 0.303 e. The van der Waals surface area contributed by atoms with E-state index in [2.05, 4.69) is 45.3 Å². The Bertz CT molecular complexity index is 841. The Labute approximate surface area is 191 Å². The van der Waals surface area contributed by atoms with Crippen molar-refractivity contribution in [3.63, 3.8) is 0 Å². The number of carboxylic acids is 1. The summed E-state index contributed by atoms with van der Waals surface area (Å²) in [6.45, 7) is 8.51. The number of rotatable bonds is 9. The summed E-state index contributed by atoms with van der Waals surface area (Å²) in [6, 6.07) is 6.71. The van der Waals surface area contributed by atoms with E-state index >= 15 is 0 Å². The summed E-state index contributed by atoms with van der Waals surface area (Å²) in [5.74, 6) is -0.0753. The van der Waals surface area contributed by atoms with Gasteiger partial charge < -0.3 is 20.1 Å². The van der Waals surface area contributed by atoms with Crippen LogP contribution in [0.5, 0.6) is 0 Å². The van der Waals surface area contributed by atoms with E-state index in [1.807, 2.05) is 13.8 Å². The van der Waals surface area contributed by atoms with E-state index in [1.54, 1.807) is 12.4 Å². The molecule has 0 saturated carbocycles. The molecule has 1 fully saturated rings. The van der Waals surface area contributed by atoms with Gasteiger partial charge in [-0.15, -0.1) is 0 Å². The summed E-state index contributed by atoms with van der Waals surface area (Å²) >= 11 is 0. The minimum atomic E-state index is -0.773. The molecule has 170 valence electrons. The van der Waals surface area contributed by atoms with E-state index in [0.717, 1.165) is 67.5 Å². The standard InChI is InChI=1S/C23H32N4O3.H2S/c1-4-17(13-23(28)29)18-6-7-22(27(5-2)20-8-10-30-11-9-20)21(12-18)26-19-14-24-16(3)25-15-19;/h6-7,12,14-15,17,20,26H,4-5,8-11,13H2,1-3H3,(H,28,29);1H2/t17-;/m0./s1. The van der Waals surface area contributed by atoms with Crippen molar-refractivity contribution in [2.75, 3.05) is 30.0 Å². The number of aromatic nitrogens is 2. The number of benzene rings is 1. The Balaban J connectivity index is 0.00000341. The first-order valence-electron chi connectivity index (χ1n) is 10.8. The van der Waals surface area contributed by atoms with Gasteiger partial charge in [0.15, 0.2) is 0 Å². The fraction of sp³-hybridized carbons (Fsp3) is 0.522. The molecule has 2 aromatic rings. The summed E-state index contributed by atoms with van der Waals surface area (Å²) in [7, 11) is 0. The van der Waals surface area contributed by atoms with Gasteiger partial charge in [0.1, 0.15) is 5.82 Å². The third-order valence-corrected chi connectivity index (χ3v) is 5.75. The molecular formula is C23H34N4O3S. The van der Waals surface area contributed by atoms with Crippen LogP contribution in [0.1, 0.15) is 56.8 Å². The van der Waals surface area contributed by atoms with Crippen LogP contribution in [0.15, 0.2) is 30.6 Å². The van der Waals surface area contributed by atoms with Gasteiger partial charge in [-0.3, -0.25) is 4.79 Å². The maximum atomic E-state index is 11.3. The highest BCUT2D eigenvalue weighted by atomic mass is 32.1. The predicted molar refractivity (Wildman–Crippen MR) is 129 cm³/mol. The molecule has 1 saturated heterocycles. The largest absolute Gasteiger partial charge is 0.481 e. The molecule has 0 radical (unpaired) electrons. The molecule has 1 aliphatic heterocycles. The van der Waals surface area contributed by atoms with E-state index in [1.165, 1.54) is 0 Å². The van der Waals surface area contributed by atoms with E-state index < -0.39 is 5.97 Å². The molecule has 0 bridgehead atoms. The second-order valence-corrected chi connectivity index (χ2v) is 7.75. The quantitative estimate of drug-likeness (QED) is 0.581. The van der Waals surface area contributed by atoms with Crippen LogP contribution in [0.3, 0.4) is 0 Å². The Morgan fingerprint density at radius 1 is 1.26 bits per heavy atom. The number of ether oxygens (including phenoxy) is 1. The summed E-state index contributed by atoms with van der Waals surface area (Å²) in [5, 5.41) is 12.8. The van der Waals surface area contributed by atoms with E-state index in [4.69, 9.17) is 4.74 Å². The van der Waals surface area contributed by atoms with Crippen molar-refractivity contribution in [3.05, 3.63) is 42.0 Å². The monoisotopic (exact) mass is 446 g/mol. The normalized spacial score (nSPS) is 15.1. The second kappa shape index (κ2) is 11.9. The second-order valence-electron chi connectivity index (χ2n) is 7.75. The lowest BCUT2D eigenvalue weighted by atomic mass is 9.92. The topological polar surface area (TPSA) is 87.6 Å². The van der Waals surface area contributed by atoms with Crippen molar-refractivity contribution < 1.29 is 14.6 Å². The van der Waals surface area contributed by atoms with Gasteiger partial charge in [0.2, 0.25) is 0 Å². The Kier molecular flexibility index (Phi) is 9.58. The first-order valence-corrected chi connectivity index (χ1v) is 10.8. The SMILES string of the molecule is CC[C@@H](CC(=O)O)c1ccc(N(CC)C2CCOCC2)c(Nc2cnc(C)nc2)c1.S. The van der Waals surface area contributed by atoms with E-state index in [-0.39, 0.29) is 25.8 Å². The zero-order valence-corrected chi connectivity index (χ0v) is 19.6. The molecule has 3 rings (SSSR count). The van der Waals surface area contributed by atoms with Gasteiger partial charge in [-0.05, 0) is 56.7 Å². The number of nitrogens with one attached hydrogen (secondary N) is 1. The van der Waals surface area contributed by atoms with Crippen molar-refractivity contribution in [1.29, 1.82) is 0 Å². The molecule has 1 atom stereocenters. The molecule has 7 nitrogen and oxygen atoms in total. The number of anilines is 3. The summed E-state index contributed by atoms with van der Waals surface area (Å²) < 4.78 is 5.55. The van der Waals surface area contributed by atoms with Crippen LogP contribution in [-0.4, -0.2) is 46.8 Å². The molecule has 0 unspecified atom stereocenters. The van der Waals surface area contributed by atoms with Crippen LogP contribution >= 0.6 is 13.5 Å². The van der Waals surface area contributed by atoms with Crippen molar-refractivity contribution in [1.82, 2.24) is 9.97 Å². The Morgan fingerprint density at radius 3 is 2.52 bits per heavy atom. The van der Waals surface area contributed by atoms with Gasteiger partial charge in [0.05, 0.1) is 35.9 Å². The van der Waals surface area contributed by atoms with Crippen molar-refractivity contribution in [2.24, 2.45) is 0 Å². The van der Waals surface area contributed by atoms with Gasteiger partial charge in [-0.2, -0.15) is 13.5 Å². The molecule has 2 heterocycles. The molecule has 0 aliphatic carbocycles. The molecule has 1 aromatic heterocycles. The highest BCUT2D eigenvalue weighted by Crippen LogP contribution is 2.36. The highest BCUT2D eigenvalue weighted by Gasteiger charge is 2.24. The Hall–Kier alpha value is -2.32. The lowest BCUT2D eigenvalue weighted by Gasteiger charge is -2.36. The lowest BCUT2D eigenvalue weighted by molar-refractivity contribution is -0.137. The number of carboxylic acid groups (broad SMARTS) is 1. The first kappa shape index (κ1) is 24.9. The van der Waals surface area contributed by atoms with Crippen LogP contribution in [-0.2, 0) is 9.53 Å². The number of carbonyl (C=O) groups is 1. The summed E-state index contributed by atoms with van der Waals surface area (Å²) in [5.41, 5.74) is 3.91. The molecule has 8 heteroatoms. The van der Waals surface area contributed by atoms with Gasteiger partial charge in [0.25, 0.3) is 0 Å². The lowest BCUT2D eigenvalue weighted by Crippen LogP contribution is -2.39. The third kappa shape index (κ3) is 6.58. The number of aryl methyl sites for hydroxylation is 1. The Morgan fingerprint density at radius 2 is 1.94 bits per heavy atom. The molecular weight excluding hydrogens is 412 g/mol. The van der Waals surface area contributed by atoms with Crippen molar-refractivity contribution in [3.8, 4) is 0 Å². The van der Waals surface area contributed by atoms with E-state index in [9.17, 15) is 9.90 Å². The van der Waals surface area contributed by atoms with Crippen molar-refractivity contribution >= 4 is 36.5 Å². The zero-order valence-electron chi connectivity index (χ0n) is 18.6. The van der Waals surface area contributed by atoms with Gasteiger partial charge >= 0.3 is 5.97 Å². The minimum absolute atomic E-state index is 0. The van der Waals surface area contributed by atoms with Crippen LogP contribution in [0, 0.1) is 6.92 Å². The number of nitrogens with zero attached hydrogens (tertiary/aromatic N) is 3. The van der Waals surface area contributed by atoms with E-state index in [0.29, 0.717) is 6.04 Å². The van der Waals surface area contributed by atoms with Crippen molar-refractivity contribution in [2.45, 2.75) is 58.4 Å². The fourth-order valence-electron chi connectivity index (χ4n) is 4.10. The molecule has 1 aliphatic rings. The fourth-order valence-corrected chi connectivity index (χ4v) is 4.10. The first-order chi connectivity index (χ1) is 14.5. The van der Waals surface area contributed by atoms with Gasteiger partial charge in [-0.1, -0.05) is 13.0 Å². The van der Waals surface area contributed by atoms with Crippen LogP contribution in [0.4, 0.5) is 17.1 Å². The predicted octanol–water partition coefficient (Wildman–Crippen LogP) is 4.62. The molecule has 1 aromatic carbocycles. The third-order valence-electron chi connectivity index (χ3n) is 5.75. The highest BCUT2D eigenvalue weighted by molar-refractivity contribution is 7.59. The van der Waals surface area contributed by atoms with Gasteiger partial charge in [-0.25, -0.2) is 9.97 Å². The summed E-state index contributed by atoms with van der Waals surface area (Å²) in [6.07, 6.45) is 6.45. The van der Waals surface area contributed by atoms with Crippen LogP contribution in [0.2, 0.25) is 0 Å². The molecule has 31 heavy (non-hydrogen) atoms. The van der Waals surface area contributed by atoms with Gasteiger partial charge in [0, 0.05) is 25.8 Å². The number of hydrogen-bond acceptors (Lipinski definition) is 6. The van der Waals surface area contributed by atoms with Crippen LogP contribution < -0.4 is 10.2 Å². The van der Waals surface area contributed by atoms with Crippen LogP contribution in [0.25, 0.3) is 0 Å². The average Bonchev–Trinajstić information content (AvgIpc) is 2.76. The molecule has 0 spiro atoms. The molecule has 2 N–H and O–H groups in total. The smallest absolute Gasteiger partial charge is 0.303 e. The average molecular weight is 447 g/mol. The minimum Gasteiger partial charge on any atom is -0.481 e. The number of aliphatic carboxylic acids is 1. The molecule has 0 amide bonds. The zero-order chi connectivity index (χ0) is 21.5.